The zero-order valence-corrected chi connectivity index (χ0v) is 12.2. The highest BCUT2D eigenvalue weighted by Gasteiger charge is 2.19. The summed E-state index contributed by atoms with van der Waals surface area (Å²) in [5.41, 5.74) is 6.22. The van der Waals surface area contributed by atoms with Gasteiger partial charge in [0.1, 0.15) is 0 Å². The van der Waals surface area contributed by atoms with E-state index in [2.05, 4.69) is 10.0 Å². The van der Waals surface area contributed by atoms with Crippen LogP contribution in [0.5, 0.6) is 0 Å². The predicted octanol–water partition coefficient (Wildman–Crippen LogP) is 0.645. The molecule has 1 amide bonds. The number of hydrogen-bond acceptors (Lipinski definition) is 4. The van der Waals surface area contributed by atoms with Crippen molar-refractivity contribution in [1.82, 2.24) is 10.0 Å². The van der Waals surface area contributed by atoms with E-state index >= 15 is 0 Å². The van der Waals surface area contributed by atoms with Crippen LogP contribution in [0.25, 0.3) is 0 Å². The van der Waals surface area contributed by atoms with Crippen LogP contribution in [0.3, 0.4) is 0 Å². The van der Waals surface area contributed by atoms with E-state index in [-0.39, 0.29) is 17.1 Å². The molecule has 0 spiro atoms. The van der Waals surface area contributed by atoms with Crippen LogP contribution in [0.4, 0.5) is 5.69 Å². The van der Waals surface area contributed by atoms with Crippen molar-refractivity contribution in [3.63, 3.8) is 0 Å². The smallest absolute Gasteiger partial charge is 0.241 e. The molecule has 0 heterocycles. The van der Waals surface area contributed by atoms with Crippen LogP contribution >= 0.6 is 11.6 Å². The number of carbonyl (C=O) groups excluding carboxylic acids is 1. The molecule has 0 aliphatic rings. The molecule has 106 valence electrons. The first-order valence-corrected chi connectivity index (χ1v) is 7.46. The molecule has 0 atom stereocenters. The highest BCUT2D eigenvalue weighted by atomic mass is 35.5. The van der Waals surface area contributed by atoms with Gasteiger partial charge < -0.3 is 11.1 Å². The number of benzene rings is 1. The summed E-state index contributed by atoms with van der Waals surface area (Å²) in [7, 11) is -3.79. The molecule has 6 nitrogen and oxygen atoms in total. The molecular formula is C11H16ClN3O3S. The highest BCUT2D eigenvalue weighted by molar-refractivity contribution is 7.89. The number of rotatable bonds is 5. The van der Waals surface area contributed by atoms with Gasteiger partial charge in [-0.15, -0.1) is 0 Å². The minimum atomic E-state index is -3.79. The van der Waals surface area contributed by atoms with Crippen molar-refractivity contribution in [2.24, 2.45) is 0 Å². The molecule has 1 rings (SSSR count). The molecule has 0 saturated heterocycles. The Labute approximate surface area is 117 Å². The lowest BCUT2D eigenvalue weighted by Crippen LogP contribution is -2.37. The van der Waals surface area contributed by atoms with Gasteiger partial charge in [0, 0.05) is 6.54 Å². The summed E-state index contributed by atoms with van der Waals surface area (Å²) in [5, 5.41) is 2.78. The first-order valence-electron chi connectivity index (χ1n) is 5.60. The van der Waals surface area contributed by atoms with E-state index in [0.29, 0.717) is 17.1 Å². The van der Waals surface area contributed by atoms with Crippen molar-refractivity contribution >= 4 is 33.2 Å². The summed E-state index contributed by atoms with van der Waals surface area (Å²) in [6.45, 7) is 3.47. The number of anilines is 1. The predicted molar refractivity (Wildman–Crippen MR) is 74.5 cm³/mol. The summed E-state index contributed by atoms with van der Waals surface area (Å²) >= 11 is 5.80. The number of carbonyl (C=O) groups is 1. The van der Waals surface area contributed by atoms with E-state index in [0.717, 1.165) is 0 Å². The maximum absolute atomic E-state index is 12.0. The Bertz CT molecular complexity index is 587. The first-order chi connectivity index (χ1) is 8.77. The number of nitrogens with two attached hydrogens (primary N) is 1. The number of nitrogen functional groups attached to an aromatic ring is 1. The van der Waals surface area contributed by atoms with Gasteiger partial charge >= 0.3 is 0 Å². The second kappa shape index (κ2) is 6.23. The maximum Gasteiger partial charge on any atom is 0.241 e. The maximum atomic E-state index is 12.0. The molecule has 0 radical (unpaired) electrons. The van der Waals surface area contributed by atoms with Crippen molar-refractivity contribution < 1.29 is 13.2 Å². The van der Waals surface area contributed by atoms with Gasteiger partial charge in [-0.05, 0) is 31.5 Å². The van der Waals surface area contributed by atoms with Gasteiger partial charge in [-0.3, -0.25) is 4.79 Å². The van der Waals surface area contributed by atoms with Gasteiger partial charge in [0.15, 0.2) is 0 Å². The zero-order chi connectivity index (χ0) is 14.6. The van der Waals surface area contributed by atoms with Crippen molar-refractivity contribution in [1.29, 1.82) is 0 Å². The van der Waals surface area contributed by atoms with Crippen molar-refractivity contribution in [3.05, 3.63) is 22.7 Å². The second-order valence-electron chi connectivity index (χ2n) is 3.92. The van der Waals surface area contributed by atoms with Crippen molar-refractivity contribution in [3.8, 4) is 0 Å². The molecule has 0 fully saturated rings. The fourth-order valence-electron chi connectivity index (χ4n) is 1.46. The number of hydrogen-bond donors (Lipinski definition) is 3. The third kappa shape index (κ3) is 4.09. The summed E-state index contributed by atoms with van der Waals surface area (Å²) < 4.78 is 26.3. The molecule has 0 bridgehead atoms. The molecule has 8 heteroatoms. The lowest BCUT2D eigenvalue weighted by atomic mass is 10.2. The minimum Gasteiger partial charge on any atom is -0.397 e. The highest BCUT2D eigenvalue weighted by Crippen LogP contribution is 2.25. The summed E-state index contributed by atoms with van der Waals surface area (Å²) in [6.07, 6.45) is 0. The summed E-state index contributed by atoms with van der Waals surface area (Å²) in [6, 6.07) is 2.75. The van der Waals surface area contributed by atoms with E-state index in [9.17, 15) is 13.2 Å². The third-order valence-corrected chi connectivity index (χ3v) is 4.25. The van der Waals surface area contributed by atoms with E-state index < -0.39 is 15.9 Å². The molecule has 0 saturated carbocycles. The molecular weight excluding hydrogens is 290 g/mol. The Kier molecular flexibility index (Phi) is 5.16. The number of likely N-dealkylation sites (N-methyl/N-ethyl adjacent to an activating group) is 1. The largest absolute Gasteiger partial charge is 0.397 e. The molecule has 1 aromatic rings. The van der Waals surface area contributed by atoms with Crippen molar-refractivity contribution in [2.75, 3.05) is 18.8 Å². The number of halogens is 1. The monoisotopic (exact) mass is 305 g/mol. The minimum absolute atomic E-state index is 0.0127. The standard InChI is InChI=1S/C11H16ClN3O3S/c1-3-14-11(16)6-15-19(17,18)10-5-9(13)8(12)4-7(10)2/h4-5,15H,3,6,13H2,1-2H3,(H,14,16). The van der Waals surface area contributed by atoms with E-state index in [1.54, 1.807) is 13.8 Å². The topological polar surface area (TPSA) is 101 Å². The van der Waals surface area contributed by atoms with Gasteiger partial charge in [-0.25, -0.2) is 13.1 Å². The van der Waals surface area contributed by atoms with E-state index in [1.165, 1.54) is 12.1 Å². The molecule has 0 aliphatic heterocycles. The number of aryl methyl sites for hydroxylation is 1. The van der Waals surface area contributed by atoms with Gasteiger partial charge in [-0.2, -0.15) is 0 Å². The van der Waals surface area contributed by atoms with Crippen molar-refractivity contribution in [2.45, 2.75) is 18.7 Å². The fraction of sp³-hybridized carbons (Fsp3) is 0.364. The quantitative estimate of drug-likeness (QED) is 0.695. The summed E-state index contributed by atoms with van der Waals surface area (Å²) in [4.78, 5) is 11.3. The number of amides is 1. The number of nitrogens with one attached hydrogen (secondary N) is 2. The van der Waals surface area contributed by atoms with Crippen LogP contribution < -0.4 is 15.8 Å². The van der Waals surface area contributed by atoms with Gasteiger partial charge in [0.2, 0.25) is 15.9 Å². The van der Waals surface area contributed by atoms with Gasteiger partial charge in [0.25, 0.3) is 0 Å². The molecule has 4 N–H and O–H groups in total. The molecule has 19 heavy (non-hydrogen) atoms. The lowest BCUT2D eigenvalue weighted by Gasteiger charge is -2.11. The Morgan fingerprint density at radius 1 is 1.42 bits per heavy atom. The third-order valence-electron chi connectivity index (χ3n) is 2.38. The van der Waals surface area contributed by atoms with Crippen LogP contribution in [0.2, 0.25) is 5.02 Å². The first kappa shape index (κ1) is 15.7. The van der Waals surface area contributed by atoms with Crippen LogP contribution in [0, 0.1) is 6.92 Å². The summed E-state index contributed by atoms with van der Waals surface area (Å²) in [5.74, 6) is -0.398. The van der Waals surface area contributed by atoms with Crippen LogP contribution in [0.15, 0.2) is 17.0 Å². The average Bonchev–Trinajstić information content (AvgIpc) is 2.31. The second-order valence-corrected chi connectivity index (χ2v) is 6.06. The Hall–Kier alpha value is -1.31. The number of sulfonamides is 1. The van der Waals surface area contributed by atoms with Gasteiger partial charge in [0.05, 0.1) is 22.2 Å². The Morgan fingerprint density at radius 2 is 2.05 bits per heavy atom. The van der Waals surface area contributed by atoms with E-state index in [1.807, 2.05) is 0 Å². The Morgan fingerprint density at radius 3 is 2.63 bits per heavy atom. The van der Waals surface area contributed by atoms with Crippen LogP contribution in [0.1, 0.15) is 12.5 Å². The van der Waals surface area contributed by atoms with Crippen LogP contribution in [-0.4, -0.2) is 27.4 Å². The normalized spacial score (nSPS) is 11.3. The SMILES string of the molecule is CCNC(=O)CNS(=O)(=O)c1cc(N)c(Cl)cc1C. The zero-order valence-electron chi connectivity index (χ0n) is 10.7. The fourth-order valence-corrected chi connectivity index (χ4v) is 2.92. The molecule has 0 unspecified atom stereocenters. The van der Waals surface area contributed by atoms with E-state index in [4.69, 9.17) is 17.3 Å². The molecule has 0 aliphatic carbocycles. The average molecular weight is 306 g/mol. The Balaban J connectivity index is 2.95. The lowest BCUT2D eigenvalue weighted by molar-refractivity contribution is -0.119. The van der Waals surface area contributed by atoms with Crippen LogP contribution in [-0.2, 0) is 14.8 Å². The molecule has 0 aromatic heterocycles. The molecule has 1 aromatic carbocycles. The van der Waals surface area contributed by atoms with Gasteiger partial charge in [-0.1, -0.05) is 11.6 Å².